The molecule has 0 amide bonds. The van der Waals surface area contributed by atoms with E-state index in [1.54, 1.807) is 6.07 Å². The highest BCUT2D eigenvalue weighted by molar-refractivity contribution is 5.86. The van der Waals surface area contributed by atoms with E-state index >= 15 is 0 Å². The molecule has 0 saturated carbocycles. The highest BCUT2D eigenvalue weighted by Gasteiger charge is 2.08. The quantitative estimate of drug-likeness (QED) is 0.221. The molecule has 0 aliphatic heterocycles. The molecular weight excluding hydrogens is 412 g/mol. The number of hydrogen-bond donors (Lipinski definition) is 3. The van der Waals surface area contributed by atoms with Crippen molar-refractivity contribution in [2.45, 2.75) is 109 Å². The van der Waals surface area contributed by atoms with Gasteiger partial charge < -0.3 is 15.5 Å². The summed E-state index contributed by atoms with van der Waals surface area (Å²) in [6, 6.07) is 9.06. The molecule has 186 valence electrons. The van der Waals surface area contributed by atoms with Gasteiger partial charge in [-0.2, -0.15) is 0 Å². The predicted octanol–water partition coefficient (Wildman–Crippen LogP) is 6.14. The summed E-state index contributed by atoms with van der Waals surface area (Å²) in [6.07, 6.45) is 16.2. The minimum absolute atomic E-state index is 0.0816. The van der Waals surface area contributed by atoms with Gasteiger partial charge in [0.05, 0.1) is 6.10 Å². The number of nitrogens with one attached hydrogen (secondary N) is 1. The summed E-state index contributed by atoms with van der Waals surface area (Å²) < 4.78 is 1.49. The first-order chi connectivity index (χ1) is 16.1. The standard InChI is InChI=1S/C28H46N2O3/c1-2-3-4-5-10-15-20-29-23-25(31)18-12-9-7-6-8-11-16-21-30-27(32)22-24-17-13-14-19-26(24)28(30)33/h13-14,17,19,22,25,29,31,33H,2-12,15-16,18,20-21,23H2,1H3. The molecule has 0 saturated heterocycles. The molecule has 0 radical (unpaired) electrons. The molecule has 2 rings (SSSR count). The maximum atomic E-state index is 12.3. The first-order valence-corrected chi connectivity index (χ1v) is 13.3. The first-order valence-electron chi connectivity index (χ1n) is 13.3. The Kier molecular flexibility index (Phi) is 13.9. The summed E-state index contributed by atoms with van der Waals surface area (Å²) in [5, 5.41) is 25.4. The maximum Gasteiger partial charge on any atom is 0.253 e. The predicted molar refractivity (Wildman–Crippen MR) is 139 cm³/mol. The Labute approximate surface area is 200 Å². The zero-order chi connectivity index (χ0) is 23.7. The van der Waals surface area contributed by atoms with E-state index in [-0.39, 0.29) is 17.5 Å². The first kappa shape index (κ1) is 27.4. The third-order valence-corrected chi connectivity index (χ3v) is 6.51. The van der Waals surface area contributed by atoms with Crippen LogP contribution in [-0.4, -0.2) is 34.0 Å². The van der Waals surface area contributed by atoms with Crippen LogP contribution in [0.2, 0.25) is 0 Å². The number of nitrogens with zero attached hydrogens (tertiary/aromatic N) is 1. The topological polar surface area (TPSA) is 74.5 Å². The molecule has 5 heteroatoms. The van der Waals surface area contributed by atoms with Gasteiger partial charge >= 0.3 is 0 Å². The number of hydrogen-bond acceptors (Lipinski definition) is 4. The third-order valence-electron chi connectivity index (χ3n) is 6.51. The van der Waals surface area contributed by atoms with Crippen molar-refractivity contribution in [2.75, 3.05) is 13.1 Å². The highest BCUT2D eigenvalue weighted by Crippen LogP contribution is 2.22. The molecule has 1 aromatic carbocycles. The Balaban J connectivity index is 1.44. The lowest BCUT2D eigenvalue weighted by Crippen LogP contribution is -2.27. The third kappa shape index (κ3) is 10.7. The Bertz CT molecular complexity index is 833. The van der Waals surface area contributed by atoms with Crippen LogP contribution in [0.5, 0.6) is 5.88 Å². The lowest BCUT2D eigenvalue weighted by molar-refractivity contribution is 0.158. The van der Waals surface area contributed by atoms with Crippen molar-refractivity contribution in [1.29, 1.82) is 0 Å². The second-order valence-electron chi connectivity index (χ2n) is 9.43. The summed E-state index contributed by atoms with van der Waals surface area (Å²) in [4.78, 5) is 12.3. The Hall–Kier alpha value is -1.85. The minimum Gasteiger partial charge on any atom is -0.494 e. The van der Waals surface area contributed by atoms with Crippen LogP contribution in [0.25, 0.3) is 10.8 Å². The smallest absolute Gasteiger partial charge is 0.253 e. The molecular formula is C28H46N2O3. The fraction of sp³-hybridized carbons (Fsp3) is 0.679. The van der Waals surface area contributed by atoms with Gasteiger partial charge in [0, 0.05) is 24.5 Å². The summed E-state index contributed by atoms with van der Waals surface area (Å²) in [5.74, 6) is 0.0816. The van der Waals surface area contributed by atoms with Gasteiger partial charge in [-0.05, 0) is 37.3 Å². The van der Waals surface area contributed by atoms with E-state index in [1.165, 1.54) is 62.4 Å². The average molecular weight is 459 g/mol. The van der Waals surface area contributed by atoms with E-state index in [4.69, 9.17) is 0 Å². The monoisotopic (exact) mass is 458 g/mol. The lowest BCUT2D eigenvalue weighted by atomic mass is 10.1. The van der Waals surface area contributed by atoms with Crippen LogP contribution in [0.1, 0.15) is 96.8 Å². The highest BCUT2D eigenvalue weighted by atomic mass is 16.3. The van der Waals surface area contributed by atoms with Crippen LogP contribution in [0, 0.1) is 0 Å². The van der Waals surface area contributed by atoms with Gasteiger partial charge in [0.1, 0.15) is 0 Å². The number of unbranched alkanes of at least 4 members (excludes halogenated alkanes) is 11. The van der Waals surface area contributed by atoms with Crippen LogP contribution in [-0.2, 0) is 6.54 Å². The number of benzene rings is 1. The van der Waals surface area contributed by atoms with Gasteiger partial charge in [0.25, 0.3) is 5.56 Å². The van der Waals surface area contributed by atoms with E-state index in [1.807, 2.05) is 24.3 Å². The second kappa shape index (κ2) is 16.7. The molecule has 0 aliphatic rings. The van der Waals surface area contributed by atoms with Crippen molar-refractivity contribution in [2.24, 2.45) is 0 Å². The second-order valence-corrected chi connectivity index (χ2v) is 9.43. The Morgan fingerprint density at radius 1 is 0.879 bits per heavy atom. The molecule has 0 fully saturated rings. The molecule has 0 spiro atoms. The van der Waals surface area contributed by atoms with Gasteiger partial charge in [0.2, 0.25) is 5.88 Å². The summed E-state index contributed by atoms with van der Waals surface area (Å²) in [7, 11) is 0. The fourth-order valence-electron chi connectivity index (χ4n) is 4.44. The molecule has 3 N–H and O–H groups in total. The largest absolute Gasteiger partial charge is 0.494 e. The molecule has 2 aromatic rings. The molecule has 0 aliphatic carbocycles. The normalized spacial score (nSPS) is 12.4. The molecule has 1 aromatic heterocycles. The molecule has 1 heterocycles. The van der Waals surface area contributed by atoms with Crippen LogP contribution in [0.4, 0.5) is 0 Å². The van der Waals surface area contributed by atoms with Crippen LogP contribution in [0.3, 0.4) is 0 Å². The summed E-state index contributed by atoms with van der Waals surface area (Å²) >= 11 is 0. The Morgan fingerprint density at radius 2 is 1.52 bits per heavy atom. The van der Waals surface area contributed by atoms with Crippen molar-refractivity contribution >= 4 is 10.8 Å². The summed E-state index contributed by atoms with van der Waals surface area (Å²) in [6.45, 7) is 4.55. The maximum absolute atomic E-state index is 12.3. The van der Waals surface area contributed by atoms with Gasteiger partial charge in [-0.3, -0.25) is 9.36 Å². The van der Waals surface area contributed by atoms with E-state index in [0.29, 0.717) is 6.54 Å². The number of rotatable bonds is 19. The zero-order valence-electron chi connectivity index (χ0n) is 20.7. The molecule has 0 bridgehead atoms. The van der Waals surface area contributed by atoms with Crippen LogP contribution < -0.4 is 10.9 Å². The van der Waals surface area contributed by atoms with Gasteiger partial charge in [-0.25, -0.2) is 0 Å². The number of aliphatic hydroxyl groups is 1. The fourth-order valence-corrected chi connectivity index (χ4v) is 4.44. The number of pyridine rings is 1. The average Bonchev–Trinajstić information content (AvgIpc) is 2.81. The van der Waals surface area contributed by atoms with Crippen molar-refractivity contribution in [3.8, 4) is 5.88 Å². The van der Waals surface area contributed by atoms with Gasteiger partial charge in [-0.1, -0.05) is 95.8 Å². The number of aliphatic hydroxyl groups excluding tert-OH is 1. The summed E-state index contributed by atoms with van der Waals surface area (Å²) in [5.41, 5.74) is -0.133. The zero-order valence-corrected chi connectivity index (χ0v) is 20.7. The van der Waals surface area contributed by atoms with Crippen molar-refractivity contribution in [3.05, 3.63) is 40.7 Å². The number of fused-ring (bicyclic) bond motifs is 1. The van der Waals surface area contributed by atoms with E-state index in [9.17, 15) is 15.0 Å². The van der Waals surface area contributed by atoms with Crippen LogP contribution in [0.15, 0.2) is 35.1 Å². The van der Waals surface area contributed by atoms with Crippen molar-refractivity contribution in [1.82, 2.24) is 9.88 Å². The molecule has 5 nitrogen and oxygen atoms in total. The molecule has 33 heavy (non-hydrogen) atoms. The Morgan fingerprint density at radius 3 is 2.27 bits per heavy atom. The number of aromatic hydroxyl groups is 1. The molecule has 1 unspecified atom stereocenters. The van der Waals surface area contributed by atoms with Crippen molar-refractivity contribution in [3.63, 3.8) is 0 Å². The molecule has 1 atom stereocenters. The van der Waals surface area contributed by atoms with Crippen LogP contribution >= 0.6 is 0 Å². The SMILES string of the molecule is CCCCCCCCNCC(O)CCCCCCCCCn1c(O)c2ccccc2cc1=O. The van der Waals surface area contributed by atoms with E-state index in [0.717, 1.165) is 56.0 Å². The van der Waals surface area contributed by atoms with Gasteiger partial charge in [0.15, 0.2) is 0 Å². The lowest BCUT2D eigenvalue weighted by Gasteiger charge is -2.12. The van der Waals surface area contributed by atoms with E-state index in [2.05, 4.69) is 12.2 Å². The number of aromatic nitrogens is 1. The van der Waals surface area contributed by atoms with Crippen molar-refractivity contribution < 1.29 is 10.2 Å². The van der Waals surface area contributed by atoms with E-state index < -0.39 is 0 Å². The minimum atomic E-state index is -0.224. The van der Waals surface area contributed by atoms with Gasteiger partial charge in [-0.15, -0.1) is 0 Å².